The number of anilines is 2. The van der Waals surface area contributed by atoms with Gasteiger partial charge in [0.2, 0.25) is 11.9 Å². The number of aliphatic hydroxyl groups excluding tert-OH is 2. The van der Waals surface area contributed by atoms with Gasteiger partial charge in [0.05, 0.1) is 29.8 Å². The highest BCUT2D eigenvalue weighted by atomic mass is 35.5. The van der Waals surface area contributed by atoms with Gasteiger partial charge in [0.15, 0.2) is 0 Å². The highest BCUT2D eigenvalue weighted by Crippen LogP contribution is 2.37. The maximum Gasteiger partial charge on any atom is 0.225 e. The average Bonchev–Trinajstić information content (AvgIpc) is 3.58. The Hall–Kier alpha value is -3.01. The van der Waals surface area contributed by atoms with Crippen molar-refractivity contribution in [3.05, 3.63) is 71.4 Å². The molecule has 3 rings (SSSR count). The van der Waals surface area contributed by atoms with E-state index < -0.39 is 11.9 Å². The number of halogens is 2. The van der Waals surface area contributed by atoms with Gasteiger partial charge in [-0.1, -0.05) is 30.3 Å². The minimum atomic E-state index is -0.710. The number of carbonyl (C=O) groups excluding carboxylic acids is 1. The van der Waals surface area contributed by atoms with Crippen molar-refractivity contribution >= 4 is 29.3 Å². The number of benzene rings is 1. The Morgan fingerprint density at radius 2 is 2.18 bits per heavy atom. The Kier molecular flexibility index (Phi) is 8.01. The first-order valence-corrected chi connectivity index (χ1v) is 10.8. The smallest absolute Gasteiger partial charge is 0.225 e. The van der Waals surface area contributed by atoms with Crippen molar-refractivity contribution in [2.24, 2.45) is 0 Å². The maximum atomic E-state index is 13.4. The molecule has 0 aliphatic heterocycles. The van der Waals surface area contributed by atoms with Crippen LogP contribution in [0.5, 0.6) is 0 Å². The number of carbonyl (C=O) groups is 1. The van der Waals surface area contributed by atoms with Crippen molar-refractivity contribution in [3.8, 4) is 0 Å². The van der Waals surface area contributed by atoms with E-state index in [0.717, 1.165) is 18.4 Å². The molecule has 176 valence electrons. The number of aryl methyl sites for hydroxylation is 1. The molecule has 0 saturated heterocycles. The van der Waals surface area contributed by atoms with Crippen molar-refractivity contribution in [1.29, 1.82) is 0 Å². The zero-order valence-electron chi connectivity index (χ0n) is 18.3. The van der Waals surface area contributed by atoms with Crippen LogP contribution < -0.4 is 15.5 Å². The van der Waals surface area contributed by atoms with Crippen LogP contribution in [-0.4, -0.2) is 44.8 Å². The topological polar surface area (TPSA) is 111 Å². The summed E-state index contributed by atoms with van der Waals surface area (Å²) in [4.78, 5) is 22.8. The highest BCUT2D eigenvalue weighted by molar-refractivity contribution is 6.30. The third-order valence-corrected chi connectivity index (χ3v) is 5.64. The fourth-order valence-corrected chi connectivity index (χ4v) is 3.36. The number of nitrogens with zero attached hydrogens (tertiary/aromatic N) is 3. The van der Waals surface area contributed by atoms with Crippen LogP contribution in [0.25, 0.3) is 0 Å². The van der Waals surface area contributed by atoms with E-state index in [0.29, 0.717) is 17.3 Å². The Labute approximate surface area is 196 Å². The molecule has 0 spiro atoms. The minimum absolute atomic E-state index is 0.0126. The van der Waals surface area contributed by atoms with Crippen molar-refractivity contribution in [3.63, 3.8) is 0 Å². The first-order valence-electron chi connectivity index (χ1n) is 10.5. The van der Waals surface area contributed by atoms with Gasteiger partial charge in [0.25, 0.3) is 0 Å². The van der Waals surface area contributed by atoms with E-state index in [4.69, 9.17) is 11.6 Å². The normalized spacial score (nSPS) is 15.2. The maximum absolute atomic E-state index is 13.4. The van der Waals surface area contributed by atoms with Crippen LogP contribution >= 0.6 is 11.6 Å². The summed E-state index contributed by atoms with van der Waals surface area (Å²) in [6, 6.07) is 3.31. The zero-order chi connectivity index (χ0) is 24.0. The quantitative estimate of drug-likeness (QED) is 0.395. The number of rotatable bonds is 11. The number of hydrogen-bond acceptors (Lipinski definition) is 7. The van der Waals surface area contributed by atoms with Crippen LogP contribution in [0.1, 0.15) is 36.4 Å². The predicted octanol–water partition coefficient (Wildman–Crippen LogP) is 3.22. The molecule has 4 N–H and O–H groups in total. The molecule has 1 atom stereocenters. The van der Waals surface area contributed by atoms with Crippen LogP contribution in [0, 0.1) is 12.7 Å². The van der Waals surface area contributed by atoms with Crippen LogP contribution in [-0.2, 0) is 4.79 Å². The summed E-state index contributed by atoms with van der Waals surface area (Å²) in [6.07, 6.45) is 8.27. The summed E-state index contributed by atoms with van der Waals surface area (Å²) >= 11 is 5.79. The molecule has 0 radical (unpaired) electrons. The third-order valence-electron chi connectivity index (χ3n) is 5.35. The summed E-state index contributed by atoms with van der Waals surface area (Å²) in [7, 11) is 0. The lowest BCUT2D eigenvalue weighted by atomic mass is 10.1. The first kappa shape index (κ1) is 24.6. The molecule has 1 aliphatic carbocycles. The van der Waals surface area contributed by atoms with E-state index in [1.807, 2.05) is 6.92 Å². The molecular weight excluding hydrogens is 449 g/mol. The molecule has 33 heavy (non-hydrogen) atoms. The Bertz CT molecular complexity index is 1040. The fourth-order valence-electron chi connectivity index (χ4n) is 3.17. The van der Waals surface area contributed by atoms with Crippen LogP contribution in [0.4, 0.5) is 16.2 Å². The van der Waals surface area contributed by atoms with E-state index in [1.165, 1.54) is 18.2 Å². The molecule has 10 heteroatoms. The van der Waals surface area contributed by atoms with Gasteiger partial charge < -0.3 is 25.7 Å². The fraction of sp³-hybridized carbons (Fsp3) is 0.348. The van der Waals surface area contributed by atoms with E-state index in [-0.39, 0.29) is 36.1 Å². The standard InChI is InChI=1S/C23H27ClFN5O3/c1-3-30(21-15(2)12-26-22(28-21)29-23(14-32)8-9-23)10-4-5-20(33)27-19(13-31)16-6-7-18(25)17(24)11-16/h3-4,6-7,10-12,19,31-32H,1,5,8-9,13-14H2,2H3,(H,27,33)(H,26,28,29)/b10-4-. The van der Waals surface area contributed by atoms with Gasteiger partial charge in [-0.05, 0) is 37.5 Å². The van der Waals surface area contributed by atoms with Gasteiger partial charge in [-0.25, -0.2) is 9.37 Å². The Morgan fingerprint density at radius 1 is 1.42 bits per heavy atom. The molecule has 1 aromatic heterocycles. The first-order chi connectivity index (χ1) is 15.8. The van der Waals surface area contributed by atoms with Crippen molar-refractivity contribution in [2.75, 3.05) is 23.4 Å². The van der Waals surface area contributed by atoms with Crippen LogP contribution in [0.15, 0.2) is 49.5 Å². The number of nitrogens with one attached hydrogen (secondary N) is 2. The van der Waals surface area contributed by atoms with E-state index in [2.05, 4.69) is 27.2 Å². The van der Waals surface area contributed by atoms with Gasteiger partial charge in [-0.2, -0.15) is 4.98 Å². The summed E-state index contributed by atoms with van der Waals surface area (Å²) in [6.45, 7) is 5.31. The molecule has 1 saturated carbocycles. The number of amides is 1. The average molecular weight is 476 g/mol. The molecule has 1 heterocycles. The molecule has 1 aromatic carbocycles. The second-order valence-electron chi connectivity index (χ2n) is 7.92. The number of hydrogen-bond donors (Lipinski definition) is 4. The summed E-state index contributed by atoms with van der Waals surface area (Å²) < 4.78 is 13.4. The van der Waals surface area contributed by atoms with Crippen molar-refractivity contribution in [1.82, 2.24) is 15.3 Å². The minimum Gasteiger partial charge on any atom is -0.394 e. The van der Waals surface area contributed by atoms with E-state index in [9.17, 15) is 19.4 Å². The molecule has 0 bridgehead atoms. The van der Waals surface area contributed by atoms with E-state index in [1.54, 1.807) is 29.6 Å². The lowest BCUT2D eigenvalue weighted by Gasteiger charge is -2.20. The molecular formula is C23H27ClFN5O3. The molecule has 1 amide bonds. The lowest BCUT2D eigenvalue weighted by molar-refractivity contribution is -0.121. The van der Waals surface area contributed by atoms with Crippen molar-refractivity contribution in [2.45, 2.75) is 37.8 Å². The van der Waals surface area contributed by atoms with Crippen molar-refractivity contribution < 1.29 is 19.4 Å². The molecule has 2 aromatic rings. The van der Waals surface area contributed by atoms with Gasteiger partial charge >= 0.3 is 0 Å². The third kappa shape index (κ3) is 6.28. The van der Waals surface area contributed by atoms with Gasteiger partial charge in [-0.15, -0.1) is 0 Å². The Morgan fingerprint density at radius 3 is 2.79 bits per heavy atom. The SMILES string of the molecule is C=CN(/C=C\CC(=O)NC(CO)c1ccc(F)c(Cl)c1)c1nc(NC2(CO)CC2)ncc1C. The molecule has 1 fully saturated rings. The largest absolute Gasteiger partial charge is 0.394 e. The molecule has 8 nitrogen and oxygen atoms in total. The lowest BCUT2D eigenvalue weighted by Crippen LogP contribution is -2.30. The predicted molar refractivity (Wildman–Crippen MR) is 125 cm³/mol. The van der Waals surface area contributed by atoms with Gasteiger partial charge in [-0.3, -0.25) is 4.79 Å². The molecule has 1 unspecified atom stereocenters. The van der Waals surface area contributed by atoms with Gasteiger partial charge in [0.1, 0.15) is 11.6 Å². The highest BCUT2D eigenvalue weighted by Gasteiger charge is 2.42. The van der Waals surface area contributed by atoms with Crippen LogP contribution in [0.2, 0.25) is 5.02 Å². The number of aromatic nitrogens is 2. The monoisotopic (exact) mass is 475 g/mol. The van der Waals surface area contributed by atoms with E-state index >= 15 is 0 Å². The summed E-state index contributed by atoms with van der Waals surface area (Å²) in [5.74, 6) is 0.0824. The second-order valence-corrected chi connectivity index (χ2v) is 8.33. The zero-order valence-corrected chi connectivity index (χ0v) is 19.0. The number of aliphatic hydroxyl groups is 2. The Balaban J connectivity index is 1.63. The summed E-state index contributed by atoms with van der Waals surface area (Å²) in [5.41, 5.74) is 0.955. The second kappa shape index (κ2) is 10.7. The molecule has 1 aliphatic rings. The summed E-state index contributed by atoms with van der Waals surface area (Å²) in [5, 5.41) is 24.9. The van der Waals surface area contributed by atoms with Gasteiger partial charge in [0, 0.05) is 30.6 Å². The van der Waals surface area contributed by atoms with Crippen LogP contribution in [0.3, 0.4) is 0 Å².